The second-order valence-corrected chi connectivity index (χ2v) is 6.38. The Morgan fingerprint density at radius 2 is 1.62 bits per heavy atom. The van der Waals surface area contributed by atoms with Crippen molar-refractivity contribution >= 4 is 28.8 Å². The molecule has 0 radical (unpaired) electrons. The number of nitrogen functional groups attached to an aromatic ring is 1. The van der Waals surface area contributed by atoms with Gasteiger partial charge in [-0.1, -0.05) is 0 Å². The minimum atomic E-state index is -4.69. The average molecular weight is 450 g/mol. The SMILES string of the molecule is Nc1cc(Oc2ccc(NC(=O)Nc3cc(C(F)(F)F)ccc3F)cc2)ccc1[N+](=O)[O-]. The van der Waals surface area contributed by atoms with Gasteiger partial charge in [-0.25, -0.2) is 9.18 Å². The zero-order chi connectivity index (χ0) is 23.5. The zero-order valence-corrected chi connectivity index (χ0v) is 15.9. The van der Waals surface area contributed by atoms with E-state index in [0.29, 0.717) is 23.9 Å². The molecule has 0 aliphatic carbocycles. The van der Waals surface area contributed by atoms with Gasteiger partial charge >= 0.3 is 12.2 Å². The molecule has 3 aromatic rings. The number of benzene rings is 3. The van der Waals surface area contributed by atoms with Crippen molar-refractivity contribution in [3.05, 3.63) is 82.2 Å². The molecule has 0 saturated heterocycles. The summed E-state index contributed by atoms with van der Waals surface area (Å²) < 4.78 is 57.5. The van der Waals surface area contributed by atoms with Crippen molar-refractivity contribution in [2.75, 3.05) is 16.4 Å². The lowest BCUT2D eigenvalue weighted by molar-refractivity contribution is -0.383. The molecule has 32 heavy (non-hydrogen) atoms. The summed E-state index contributed by atoms with van der Waals surface area (Å²) in [5.74, 6) is -0.473. The van der Waals surface area contributed by atoms with E-state index in [1.165, 1.54) is 42.5 Å². The molecule has 166 valence electrons. The number of ether oxygens (including phenoxy) is 1. The maximum absolute atomic E-state index is 13.7. The average Bonchev–Trinajstić information content (AvgIpc) is 2.70. The third kappa shape index (κ3) is 5.41. The van der Waals surface area contributed by atoms with Crippen LogP contribution in [0.4, 0.5) is 45.1 Å². The fraction of sp³-hybridized carbons (Fsp3) is 0.0500. The second-order valence-electron chi connectivity index (χ2n) is 6.38. The summed E-state index contributed by atoms with van der Waals surface area (Å²) in [6, 6.07) is 10.3. The Kier molecular flexibility index (Phi) is 6.14. The zero-order valence-electron chi connectivity index (χ0n) is 15.9. The minimum absolute atomic E-state index is 0.0794. The lowest BCUT2D eigenvalue weighted by Crippen LogP contribution is -2.20. The number of nitrogens with two attached hydrogens (primary N) is 1. The van der Waals surface area contributed by atoms with Gasteiger partial charge in [0.2, 0.25) is 0 Å². The van der Waals surface area contributed by atoms with Crippen molar-refractivity contribution in [2.24, 2.45) is 0 Å². The normalized spacial score (nSPS) is 11.0. The number of carbonyl (C=O) groups excluding carboxylic acids is 1. The first-order valence-electron chi connectivity index (χ1n) is 8.79. The van der Waals surface area contributed by atoms with E-state index in [0.717, 1.165) is 0 Å². The van der Waals surface area contributed by atoms with Crippen molar-refractivity contribution in [1.82, 2.24) is 0 Å². The monoisotopic (exact) mass is 450 g/mol. The summed E-state index contributed by atoms with van der Waals surface area (Å²) >= 11 is 0. The Bertz CT molecular complexity index is 1170. The van der Waals surface area contributed by atoms with E-state index in [-0.39, 0.29) is 22.8 Å². The van der Waals surface area contributed by atoms with Crippen LogP contribution in [0, 0.1) is 15.9 Å². The van der Waals surface area contributed by atoms with Gasteiger partial charge in [-0.3, -0.25) is 10.1 Å². The molecule has 0 heterocycles. The topological polar surface area (TPSA) is 120 Å². The maximum Gasteiger partial charge on any atom is 0.416 e. The van der Waals surface area contributed by atoms with Crippen molar-refractivity contribution in [3.63, 3.8) is 0 Å². The third-order valence-corrected chi connectivity index (χ3v) is 4.09. The van der Waals surface area contributed by atoms with Gasteiger partial charge in [0.1, 0.15) is 23.0 Å². The van der Waals surface area contributed by atoms with Crippen LogP contribution in [0.25, 0.3) is 0 Å². The van der Waals surface area contributed by atoms with Crippen molar-refractivity contribution in [1.29, 1.82) is 0 Å². The molecule has 0 aromatic heterocycles. The molecule has 8 nitrogen and oxygen atoms in total. The van der Waals surface area contributed by atoms with Gasteiger partial charge < -0.3 is 21.1 Å². The Labute approximate surface area is 177 Å². The van der Waals surface area contributed by atoms with Crippen molar-refractivity contribution in [2.45, 2.75) is 6.18 Å². The van der Waals surface area contributed by atoms with Gasteiger partial charge in [-0.05, 0) is 48.5 Å². The first-order chi connectivity index (χ1) is 15.0. The number of anilines is 3. The van der Waals surface area contributed by atoms with Gasteiger partial charge in [-0.2, -0.15) is 13.2 Å². The molecule has 0 aliphatic rings. The maximum atomic E-state index is 13.7. The number of hydrogen-bond donors (Lipinski definition) is 3. The predicted molar refractivity (Wildman–Crippen MR) is 108 cm³/mol. The summed E-state index contributed by atoms with van der Waals surface area (Å²) in [7, 11) is 0. The first kappa shape index (κ1) is 22.3. The fourth-order valence-electron chi connectivity index (χ4n) is 2.59. The van der Waals surface area contributed by atoms with Gasteiger partial charge in [0.05, 0.1) is 16.2 Å². The number of nitro groups is 1. The molecule has 2 amide bonds. The number of rotatable bonds is 5. The standard InChI is InChI=1S/C20H14F4N4O4/c21-15-7-1-11(20(22,23)24)9-17(15)27-19(29)26-12-2-4-13(5-3-12)32-14-6-8-18(28(30)31)16(25)10-14/h1-10H,25H2,(H2,26,27,29). The number of nitrogens with zero attached hydrogens (tertiary/aromatic N) is 1. The molecule has 4 N–H and O–H groups in total. The molecule has 0 fully saturated rings. The van der Waals surface area contributed by atoms with E-state index in [2.05, 4.69) is 5.32 Å². The Morgan fingerprint density at radius 3 is 2.22 bits per heavy atom. The highest BCUT2D eigenvalue weighted by Crippen LogP contribution is 2.32. The number of nitro benzene ring substituents is 1. The summed E-state index contributed by atoms with van der Waals surface area (Å²) in [6.45, 7) is 0. The van der Waals surface area contributed by atoms with Crippen LogP contribution in [0.1, 0.15) is 5.56 Å². The Balaban J connectivity index is 1.64. The van der Waals surface area contributed by atoms with E-state index >= 15 is 0 Å². The molecule has 0 spiro atoms. The van der Waals surface area contributed by atoms with Crippen LogP contribution < -0.4 is 21.1 Å². The van der Waals surface area contributed by atoms with Crippen LogP contribution in [-0.2, 0) is 6.18 Å². The highest BCUT2D eigenvalue weighted by Gasteiger charge is 2.31. The molecule has 3 aromatic carbocycles. The summed E-state index contributed by atoms with van der Waals surface area (Å²) in [6.07, 6.45) is -4.69. The number of carbonyl (C=O) groups is 1. The summed E-state index contributed by atoms with van der Waals surface area (Å²) in [4.78, 5) is 22.2. The molecular formula is C20H14F4N4O4. The lowest BCUT2D eigenvalue weighted by atomic mass is 10.2. The Morgan fingerprint density at radius 1 is 0.969 bits per heavy atom. The molecule has 0 saturated carbocycles. The summed E-state index contributed by atoms with van der Waals surface area (Å²) in [5, 5.41) is 15.2. The fourth-order valence-corrected chi connectivity index (χ4v) is 2.59. The van der Waals surface area contributed by atoms with Crippen molar-refractivity contribution < 1.29 is 32.0 Å². The van der Waals surface area contributed by atoms with E-state index in [1.807, 2.05) is 5.32 Å². The van der Waals surface area contributed by atoms with Crippen LogP contribution in [0.15, 0.2) is 60.7 Å². The lowest BCUT2D eigenvalue weighted by Gasteiger charge is -2.12. The summed E-state index contributed by atoms with van der Waals surface area (Å²) in [5.41, 5.74) is 3.75. The smallest absolute Gasteiger partial charge is 0.416 e. The number of amides is 2. The highest BCUT2D eigenvalue weighted by molar-refractivity contribution is 5.99. The number of alkyl halides is 3. The van der Waals surface area contributed by atoms with E-state index in [1.54, 1.807) is 0 Å². The van der Waals surface area contributed by atoms with Crippen LogP contribution in [0.3, 0.4) is 0 Å². The molecule has 0 unspecified atom stereocenters. The predicted octanol–water partition coefficient (Wildman–Crippen LogP) is 5.77. The van der Waals surface area contributed by atoms with E-state index < -0.39 is 34.2 Å². The van der Waals surface area contributed by atoms with Crippen LogP contribution in [0.5, 0.6) is 11.5 Å². The number of hydrogen-bond acceptors (Lipinski definition) is 5. The number of urea groups is 1. The van der Waals surface area contributed by atoms with Crippen LogP contribution >= 0.6 is 0 Å². The first-order valence-corrected chi connectivity index (χ1v) is 8.79. The molecule has 0 aliphatic heterocycles. The second kappa shape index (κ2) is 8.79. The van der Waals surface area contributed by atoms with Gasteiger partial charge in [0.15, 0.2) is 0 Å². The Hall–Kier alpha value is -4.35. The van der Waals surface area contributed by atoms with Crippen LogP contribution in [0.2, 0.25) is 0 Å². The highest BCUT2D eigenvalue weighted by atomic mass is 19.4. The van der Waals surface area contributed by atoms with Gasteiger partial charge in [-0.15, -0.1) is 0 Å². The van der Waals surface area contributed by atoms with Gasteiger partial charge in [0, 0.05) is 17.8 Å². The molecule has 12 heteroatoms. The molecule has 0 bridgehead atoms. The minimum Gasteiger partial charge on any atom is -0.457 e. The largest absolute Gasteiger partial charge is 0.457 e. The molecule has 0 atom stereocenters. The quantitative estimate of drug-likeness (QED) is 0.197. The van der Waals surface area contributed by atoms with Gasteiger partial charge in [0.25, 0.3) is 5.69 Å². The van der Waals surface area contributed by atoms with E-state index in [9.17, 15) is 32.5 Å². The third-order valence-electron chi connectivity index (χ3n) is 4.09. The van der Waals surface area contributed by atoms with Crippen LogP contribution in [-0.4, -0.2) is 11.0 Å². The molecule has 3 rings (SSSR count). The molecular weight excluding hydrogens is 436 g/mol. The van der Waals surface area contributed by atoms with E-state index in [4.69, 9.17) is 10.5 Å². The number of nitrogens with one attached hydrogen (secondary N) is 2. The number of halogens is 4. The van der Waals surface area contributed by atoms with Crippen molar-refractivity contribution in [3.8, 4) is 11.5 Å².